The predicted molar refractivity (Wildman–Crippen MR) is 111 cm³/mol. The lowest BCUT2D eigenvalue weighted by molar-refractivity contribution is -0.122. The van der Waals surface area contributed by atoms with E-state index in [1.165, 1.54) is 36.2 Å². The predicted octanol–water partition coefficient (Wildman–Crippen LogP) is 4.99. The molecule has 3 rings (SSSR count). The van der Waals surface area contributed by atoms with Crippen LogP contribution in [0.4, 0.5) is 5.00 Å². The average Bonchev–Trinajstić information content (AvgIpc) is 3.02. The Labute approximate surface area is 170 Å². The van der Waals surface area contributed by atoms with Crippen LogP contribution in [-0.4, -0.2) is 25.1 Å². The zero-order valence-corrected chi connectivity index (χ0v) is 17.3. The number of benzene rings is 1. The van der Waals surface area contributed by atoms with Gasteiger partial charge in [0.15, 0.2) is 6.10 Å². The number of carbonyl (C=O) groups is 2. The molecule has 1 aromatic carbocycles. The van der Waals surface area contributed by atoms with Crippen molar-refractivity contribution < 1.29 is 19.1 Å². The summed E-state index contributed by atoms with van der Waals surface area (Å²) in [5.74, 6) is 0.0206. The largest absolute Gasteiger partial charge is 0.481 e. The Morgan fingerprint density at radius 1 is 1.11 bits per heavy atom. The molecular weight excluding hydrogens is 374 g/mol. The summed E-state index contributed by atoms with van der Waals surface area (Å²) in [4.78, 5) is 26.5. The summed E-state index contributed by atoms with van der Waals surface area (Å²) < 4.78 is 10.9. The van der Waals surface area contributed by atoms with E-state index in [2.05, 4.69) is 5.32 Å². The highest BCUT2D eigenvalue weighted by molar-refractivity contribution is 7.17. The highest BCUT2D eigenvalue weighted by Gasteiger charge is 2.28. The number of nitrogens with one attached hydrogen (secondary N) is 1. The Kier molecular flexibility index (Phi) is 7.09. The number of hydrogen-bond acceptors (Lipinski definition) is 5. The van der Waals surface area contributed by atoms with Gasteiger partial charge in [0.05, 0.1) is 12.7 Å². The molecule has 1 aliphatic carbocycles. The van der Waals surface area contributed by atoms with Crippen LogP contribution in [0.3, 0.4) is 0 Å². The Morgan fingerprint density at radius 2 is 1.82 bits per heavy atom. The van der Waals surface area contributed by atoms with Crippen molar-refractivity contribution >= 4 is 28.2 Å². The molecule has 1 heterocycles. The van der Waals surface area contributed by atoms with Crippen molar-refractivity contribution in [2.45, 2.75) is 58.0 Å². The number of esters is 1. The van der Waals surface area contributed by atoms with Crippen LogP contribution in [0.1, 0.15) is 59.8 Å². The number of para-hydroxylation sites is 1. The maximum absolute atomic E-state index is 12.9. The SMILES string of the molecule is CCC(Oc1ccccc1)C(=O)Nc1sc2c(c1C(=O)OC)CCCCCC2. The van der Waals surface area contributed by atoms with Crippen molar-refractivity contribution in [1.82, 2.24) is 0 Å². The molecule has 5 nitrogen and oxygen atoms in total. The Morgan fingerprint density at radius 3 is 2.50 bits per heavy atom. The first-order valence-electron chi connectivity index (χ1n) is 9.89. The molecule has 2 aromatic rings. The van der Waals surface area contributed by atoms with Gasteiger partial charge in [-0.25, -0.2) is 4.79 Å². The molecular formula is C22H27NO4S. The molecule has 1 N–H and O–H groups in total. The highest BCUT2D eigenvalue weighted by Crippen LogP contribution is 2.37. The van der Waals surface area contributed by atoms with Crippen molar-refractivity contribution in [3.8, 4) is 5.75 Å². The van der Waals surface area contributed by atoms with Crippen LogP contribution in [0.2, 0.25) is 0 Å². The van der Waals surface area contributed by atoms with Gasteiger partial charge in [0, 0.05) is 4.88 Å². The van der Waals surface area contributed by atoms with Crippen molar-refractivity contribution in [2.24, 2.45) is 0 Å². The van der Waals surface area contributed by atoms with Gasteiger partial charge in [-0.1, -0.05) is 38.0 Å². The van der Waals surface area contributed by atoms with Crippen LogP contribution in [0.25, 0.3) is 0 Å². The number of rotatable bonds is 6. The number of aryl methyl sites for hydroxylation is 1. The van der Waals surface area contributed by atoms with Gasteiger partial charge in [0.1, 0.15) is 10.8 Å². The van der Waals surface area contributed by atoms with Crippen molar-refractivity contribution in [2.75, 3.05) is 12.4 Å². The molecule has 0 bridgehead atoms. The van der Waals surface area contributed by atoms with Crippen LogP contribution in [0, 0.1) is 0 Å². The van der Waals surface area contributed by atoms with Crippen LogP contribution < -0.4 is 10.1 Å². The Hall–Kier alpha value is -2.34. The molecule has 1 aliphatic rings. The third-order valence-electron chi connectivity index (χ3n) is 4.98. The molecule has 150 valence electrons. The molecule has 1 unspecified atom stereocenters. The quantitative estimate of drug-likeness (QED) is 0.693. The Balaban J connectivity index is 1.84. The van der Waals surface area contributed by atoms with Gasteiger partial charge in [-0.3, -0.25) is 4.79 Å². The van der Waals surface area contributed by atoms with Crippen molar-refractivity contribution in [3.05, 3.63) is 46.3 Å². The lowest BCUT2D eigenvalue weighted by Gasteiger charge is -2.17. The average molecular weight is 402 g/mol. The van der Waals surface area contributed by atoms with Gasteiger partial charge in [-0.2, -0.15) is 0 Å². The van der Waals surface area contributed by atoms with Crippen LogP contribution in [0.5, 0.6) is 5.75 Å². The van der Waals surface area contributed by atoms with E-state index in [9.17, 15) is 9.59 Å². The van der Waals surface area contributed by atoms with E-state index in [-0.39, 0.29) is 11.9 Å². The van der Waals surface area contributed by atoms with Gasteiger partial charge in [0.25, 0.3) is 5.91 Å². The van der Waals surface area contributed by atoms with Gasteiger partial charge >= 0.3 is 5.97 Å². The zero-order valence-electron chi connectivity index (χ0n) is 16.5. The topological polar surface area (TPSA) is 64.6 Å². The molecule has 0 aliphatic heterocycles. The second kappa shape index (κ2) is 9.73. The summed E-state index contributed by atoms with van der Waals surface area (Å²) in [6.45, 7) is 1.90. The molecule has 0 radical (unpaired) electrons. The first-order valence-corrected chi connectivity index (χ1v) is 10.7. The maximum atomic E-state index is 12.9. The second-order valence-electron chi connectivity index (χ2n) is 6.93. The summed E-state index contributed by atoms with van der Waals surface area (Å²) in [5.41, 5.74) is 1.57. The molecule has 28 heavy (non-hydrogen) atoms. The van der Waals surface area contributed by atoms with Crippen LogP contribution >= 0.6 is 11.3 Å². The molecule has 0 saturated carbocycles. The minimum atomic E-state index is -0.627. The molecule has 1 amide bonds. The van der Waals surface area contributed by atoms with E-state index in [0.717, 1.165) is 31.2 Å². The zero-order chi connectivity index (χ0) is 19.9. The monoisotopic (exact) mass is 401 g/mol. The summed E-state index contributed by atoms with van der Waals surface area (Å²) in [7, 11) is 1.38. The van der Waals surface area contributed by atoms with Gasteiger partial charge in [0.2, 0.25) is 0 Å². The molecule has 6 heteroatoms. The number of methoxy groups -OCH3 is 1. The standard InChI is InChI=1S/C22H27NO4S/c1-3-17(27-15-11-7-6-8-12-15)20(24)23-21-19(22(25)26-2)16-13-9-4-5-10-14-18(16)28-21/h6-8,11-12,17H,3-5,9-10,13-14H2,1-2H3,(H,23,24). The summed E-state index contributed by atoms with van der Waals surface area (Å²) in [6, 6.07) is 9.29. The summed E-state index contributed by atoms with van der Waals surface area (Å²) in [6.07, 6.45) is 6.22. The maximum Gasteiger partial charge on any atom is 0.341 e. The Bertz CT molecular complexity index is 815. The minimum absolute atomic E-state index is 0.245. The lowest BCUT2D eigenvalue weighted by Crippen LogP contribution is -2.32. The number of fused-ring (bicyclic) bond motifs is 1. The van der Waals surface area contributed by atoms with Crippen LogP contribution in [-0.2, 0) is 22.4 Å². The third kappa shape index (κ3) is 4.73. The smallest absolute Gasteiger partial charge is 0.341 e. The number of ether oxygens (including phenoxy) is 2. The first kappa shape index (κ1) is 20.4. The minimum Gasteiger partial charge on any atom is -0.481 e. The fourth-order valence-electron chi connectivity index (χ4n) is 3.50. The van der Waals surface area contributed by atoms with Crippen molar-refractivity contribution in [3.63, 3.8) is 0 Å². The van der Waals surface area contributed by atoms with Crippen LogP contribution in [0.15, 0.2) is 30.3 Å². The highest BCUT2D eigenvalue weighted by atomic mass is 32.1. The number of anilines is 1. The van der Waals surface area contributed by atoms with E-state index in [0.29, 0.717) is 22.7 Å². The van der Waals surface area contributed by atoms with Crippen molar-refractivity contribution in [1.29, 1.82) is 0 Å². The number of hydrogen-bond donors (Lipinski definition) is 1. The van der Waals surface area contributed by atoms with E-state index >= 15 is 0 Å². The van der Waals surface area contributed by atoms with E-state index in [4.69, 9.17) is 9.47 Å². The van der Waals surface area contributed by atoms with Gasteiger partial charge in [-0.15, -0.1) is 11.3 Å². The number of amides is 1. The number of thiophene rings is 1. The summed E-state index contributed by atoms with van der Waals surface area (Å²) >= 11 is 1.50. The molecule has 1 aromatic heterocycles. The van der Waals surface area contributed by atoms with Gasteiger partial charge < -0.3 is 14.8 Å². The molecule has 0 fully saturated rings. The summed E-state index contributed by atoms with van der Waals surface area (Å²) in [5, 5.41) is 3.53. The third-order valence-corrected chi connectivity index (χ3v) is 6.19. The van der Waals surface area contributed by atoms with Gasteiger partial charge in [-0.05, 0) is 49.8 Å². The molecule has 0 spiro atoms. The first-order chi connectivity index (χ1) is 13.6. The lowest BCUT2D eigenvalue weighted by atomic mass is 9.96. The second-order valence-corrected chi connectivity index (χ2v) is 8.04. The fraction of sp³-hybridized carbons (Fsp3) is 0.455. The number of carbonyl (C=O) groups excluding carboxylic acids is 2. The normalized spacial score (nSPS) is 14.9. The van der Waals surface area contributed by atoms with E-state index in [1.54, 1.807) is 0 Å². The van der Waals surface area contributed by atoms with E-state index in [1.807, 2.05) is 37.3 Å². The fourth-order valence-corrected chi connectivity index (χ4v) is 4.78. The molecule has 0 saturated heterocycles. The molecule has 1 atom stereocenters. The van der Waals surface area contributed by atoms with E-state index < -0.39 is 6.10 Å².